The second kappa shape index (κ2) is 15.4. The van der Waals surface area contributed by atoms with Gasteiger partial charge < -0.3 is 10.2 Å². The van der Waals surface area contributed by atoms with Gasteiger partial charge in [0.1, 0.15) is 18.4 Å². The smallest absolute Gasteiger partial charge is 0.264 e. The van der Waals surface area contributed by atoms with E-state index in [1.165, 1.54) is 23.1 Å². The van der Waals surface area contributed by atoms with Gasteiger partial charge in [0.2, 0.25) is 11.8 Å². The number of nitrogens with zero attached hydrogens (tertiary/aromatic N) is 2. The second-order valence-electron chi connectivity index (χ2n) is 12.3. The quantitative estimate of drug-likeness (QED) is 0.184. The number of amides is 2. The van der Waals surface area contributed by atoms with Crippen molar-refractivity contribution in [3.63, 3.8) is 0 Å². The van der Waals surface area contributed by atoms with Crippen LogP contribution in [0.25, 0.3) is 0 Å². The van der Waals surface area contributed by atoms with Crippen molar-refractivity contribution in [1.82, 2.24) is 10.2 Å². The Labute approximate surface area is 277 Å². The molecule has 5 rings (SSSR count). The predicted molar refractivity (Wildman–Crippen MR) is 183 cm³/mol. The highest BCUT2D eigenvalue weighted by Gasteiger charge is 2.35. The van der Waals surface area contributed by atoms with Crippen LogP contribution in [0, 0.1) is 19.7 Å². The molecule has 7 nitrogen and oxygen atoms in total. The molecule has 1 aliphatic rings. The van der Waals surface area contributed by atoms with Crippen molar-refractivity contribution >= 4 is 27.5 Å². The van der Waals surface area contributed by atoms with E-state index in [2.05, 4.69) is 5.32 Å². The first-order valence-corrected chi connectivity index (χ1v) is 17.6. The molecule has 1 aliphatic carbocycles. The van der Waals surface area contributed by atoms with Crippen molar-refractivity contribution in [3.05, 3.63) is 131 Å². The molecule has 0 aliphatic heterocycles. The number of hydrogen-bond acceptors (Lipinski definition) is 4. The van der Waals surface area contributed by atoms with Gasteiger partial charge in [0, 0.05) is 24.6 Å². The van der Waals surface area contributed by atoms with Crippen LogP contribution in [0.5, 0.6) is 0 Å². The summed E-state index contributed by atoms with van der Waals surface area (Å²) < 4.78 is 44.6. The Bertz CT molecular complexity index is 1780. The van der Waals surface area contributed by atoms with Gasteiger partial charge in [-0.05, 0) is 73.7 Å². The highest BCUT2D eigenvalue weighted by molar-refractivity contribution is 7.92. The fraction of sp³-hybridized carbons (Fsp3) is 0.316. The molecular formula is C38H42FN3O4S. The molecule has 0 heterocycles. The standard InChI is InChI=1S/C38H42FN3O4S/c1-28-22-23-33(24-29(28)2)42(47(45,46)34-19-10-5-11-20-34)27-37(43)41(26-31-16-12-13-21-35(31)39)36(25-30-14-6-3-7-15-30)38(44)40-32-17-8-4-9-18-32/h3,5-7,10-16,19-24,32,36H,4,8-9,17-18,25-27H2,1-2H3,(H,40,44)/t36-/m0/s1. The Hall–Kier alpha value is -4.50. The number of halogens is 1. The Morgan fingerprint density at radius 1 is 0.830 bits per heavy atom. The van der Waals surface area contributed by atoms with E-state index in [9.17, 15) is 18.0 Å². The number of rotatable bonds is 12. The van der Waals surface area contributed by atoms with E-state index in [0.29, 0.717) is 5.69 Å². The molecule has 2 amide bonds. The average Bonchev–Trinajstić information content (AvgIpc) is 3.08. The van der Waals surface area contributed by atoms with Crippen LogP contribution in [0.3, 0.4) is 0 Å². The van der Waals surface area contributed by atoms with E-state index >= 15 is 4.39 Å². The molecule has 9 heteroatoms. The molecule has 0 spiro atoms. The van der Waals surface area contributed by atoms with Gasteiger partial charge in [-0.1, -0.05) is 92.1 Å². The number of sulfonamides is 1. The lowest BCUT2D eigenvalue weighted by Gasteiger charge is -2.35. The Morgan fingerprint density at radius 2 is 1.47 bits per heavy atom. The van der Waals surface area contributed by atoms with Crippen LogP contribution >= 0.6 is 0 Å². The lowest BCUT2D eigenvalue weighted by Crippen LogP contribution is -2.55. The fourth-order valence-electron chi connectivity index (χ4n) is 6.04. The van der Waals surface area contributed by atoms with Gasteiger partial charge in [0.05, 0.1) is 10.6 Å². The van der Waals surface area contributed by atoms with Crippen molar-refractivity contribution in [3.8, 4) is 0 Å². The lowest BCUT2D eigenvalue weighted by atomic mass is 9.94. The summed E-state index contributed by atoms with van der Waals surface area (Å²) in [4.78, 5) is 30.2. The topological polar surface area (TPSA) is 86.8 Å². The summed E-state index contributed by atoms with van der Waals surface area (Å²) in [5.41, 5.74) is 3.21. The van der Waals surface area contributed by atoms with Gasteiger partial charge in [-0.15, -0.1) is 0 Å². The van der Waals surface area contributed by atoms with Crippen LogP contribution in [-0.2, 0) is 32.6 Å². The molecule has 0 bridgehead atoms. The minimum absolute atomic E-state index is 0.0228. The van der Waals surface area contributed by atoms with Crippen LogP contribution in [0.2, 0.25) is 0 Å². The number of hydrogen-bond donors (Lipinski definition) is 1. The minimum atomic E-state index is -4.21. The van der Waals surface area contributed by atoms with E-state index in [1.807, 2.05) is 50.2 Å². The number of anilines is 1. The molecule has 0 saturated heterocycles. The maximum atomic E-state index is 15.2. The first kappa shape index (κ1) is 33.9. The number of carbonyl (C=O) groups is 2. The normalized spacial score (nSPS) is 14.3. The van der Waals surface area contributed by atoms with E-state index in [-0.39, 0.29) is 35.4 Å². The van der Waals surface area contributed by atoms with E-state index in [1.54, 1.807) is 48.5 Å². The summed E-state index contributed by atoms with van der Waals surface area (Å²) in [6, 6.07) is 27.6. The van der Waals surface area contributed by atoms with Gasteiger partial charge in [-0.3, -0.25) is 13.9 Å². The molecule has 0 unspecified atom stereocenters. The largest absolute Gasteiger partial charge is 0.352 e. The van der Waals surface area contributed by atoms with Crippen LogP contribution in [0.4, 0.5) is 10.1 Å². The molecule has 4 aromatic carbocycles. The van der Waals surface area contributed by atoms with Gasteiger partial charge in [-0.25, -0.2) is 12.8 Å². The molecule has 1 N–H and O–H groups in total. The van der Waals surface area contributed by atoms with Crippen molar-refractivity contribution in [1.29, 1.82) is 0 Å². The van der Waals surface area contributed by atoms with Gasteiger partial charge >= 0.3 is 0 Å². The van der Waals surface area contributed by atoms with E-state index < -0.39 is 34.3 Å². The lowest BCUT2D eigenvalue weighted by molar-refractivity contribution is -0.140. The molecule has 1 atom stereocenters. The molecule has 246 valence electrons. The molecule has 1 fully saturated rings. The Morgan fingerprint density at radius 3 is 2.13 bits per heavy atom. The van der Waals surface area contributed by atoms with Crippen molar-refractivity contribution < 1.29 is 22.4 Å². The van der Waals surface area contributed by atoms with Crippen LogP contribution in [-0.4, -0.2) is 43.8 Å². The third-order valence-corrected chi connectivity index (χ3v) is 10.7. The van der Waals surface area contributed by atoms with Crippen LogP contribution in [0.15, 0.2) is 108 Å². The first-order valence-electron chi connectivity index (χ1n) is 16.2. The zero-order valence-corrected chi connectivity index (χ0v) is 27.8. The zero-order valence-electron chi connectivity index (χ0n) is 26.9. The number of aryl methyl sites for hydroxylation is 2. The molecule has 4 aromatic rings. The first-order chi connectivity index (χ1) is 22.6. The van der Waals surface area contributed by atoms with Gasteiger partial charge in [0.25, 0.3) is 10.0 Å². The predicted octanol–water partition coefficient (Wildman–Crippen LogP) is 6.73. The van der Waals surface area contributed by atoms with Crippen LogP contribution < -0.4 is 9.62 Å². The maximum Gasteiger partial charge on any atom is 0.264 e. The highest BCUT2D eigenvalue weighted by atomic mass is 32.2. The SMILES string of the molecule is Cc1ccc(N(CC(=O)N(Cc2ccccc2F)[C@@H](Cc2ccccc2)C(=O)NC2CCCCC2)S(=O)(=O)c2ccccc2)cc1C. The van der Waals surface area contributed by atoms with Gasteiger partial charge in [-0.2, -0.15) is 0 Å². The zero-order chi connectivity index (χ0) is 33.4. The van der Waals surface area contributed by atoms with E-state index in [0.717, 1.165) is 53.1 Å². The third kappa shape index (κ3) is 8.46. The summed E-state index contributed by atoms with van der Waals surface area (Å²) in [6.07, 6.45) is 5.00. The van der Waals surface area contributed by atoms with Crippen molar-refractivity contribution in [2.45, 2.75) is 75.9 Å². The fourth-order valence-corrected chi connectivity index (χ4v) is 7.46. The van der Waals surface area contributed by atoms with Gasteiger partial charge in [0.15, 0.2) is 0 Å². The Kier molecular flexibility index (Phi) is 11.1. The summed E-state index contributed by atoms with van der Waals surface area (Å²) >= 11 is 0. The summed E-state index contributed by atoms with van der Waals surface area (Å²) in [6.45, 7) is 3.00. The monoisotopic (exact) mass is 655 g/mol. The number of nitrogens with one attached hydrogen (secondary N) is 1. The maximum absolute atomic E-state index is 15.2. The molecule has 0 radical (unpaired) electrons. The molecule has 1 saturated carbocycles. The second-order valence-corrected chi connectivity index (χ2v) is 14.1. The minimum Gasteiger partial charge on any atom is -0.352 e. The molecule has 47 heavy (non-hydrogen) atoms. The molecule has 0 aromatic heterocycles. The van der Waals surface area contributed by atoms with Crippen molar-refractivity contribution in [2.24, 2.45) is 0 Å². The van der Waals surface area contributed by atoms with Crippen molar-refractivity contribution in [2.75, 3.05) is 10.8 Å². The summed E-state index contributed by atoms with van der Waals surface area (Å²) in [5.74, 6) is -1.47. The number of benzene rings is 4. The Balaban J connectivity index is 1.58. The van der Waals surface area contributed by atoms with E-state index in [4.69, 9.17) is 0 Å². The molecular weight excluding hydrogens is 614 g/mol. The summed E-state index contributed by atoms with van der Waals surface area (Å²) in [5, 5.41) is 3.17. The highest BCUT2D eigenvalue weighted by Crippen LogP contribution is 2.27. The summed E-state index contributed by atoms with van der Waals surface area (Å²) in [7, 11) is -4.21. The van der Waals surface area contributed by atoms with Crippen LogP contribution in [0.1, 0.15) is 54.4 Å². The third-order valence-electron chi connectivity index (χ3n) is 8.91. The average molecular weight is 656 g/mol. The number of carbonyl (C=O) groups excluding carboxylic acids is 2.